The van der Waals surface area contributed by atoms with E-state index in [1.165, 1.54) is 14.2 Å². The molecule has 0 aliphatic heterocycles. The lowest BCUT2D eigenvalue weighted by atomic mass is 9.77. The fourth-order valence-electron chi connectivity index (χ4n) is 3.60. The number of nitrogens with one attached hydrogen (secondary N) is 1. The standard InChI is InChI=1S/C21H29NO5/c1-6-7-15-12-16(13-17(25-3)18(15)26-4)19(23)22-21(20(24)27-5)10-8-14(2)9-11-21/h6,12-14H,1,7-11H2,2-5H3,(H,22,23). The monoisotopic (exact) mass is 375 g/mol. The number of hydrogen-bond donors (Lipinski definition) is 1. The highest BCUT2D eigenvalue weighted by atomic mass is 16.5. The van der Waals surface area contributed by atoms with Crippen LogP contribution in [-0.4, -0.2) is 38.7 Å². The van der Waals surface area contributed by atoms with E-state index in [9.17, 15) is 9.59 Å². The van der Waals surface area contributed by atoms with Crippen LogP contribution in [0.3, 0.4) is 0 Å². The molecule has 1 aromatic carbocycles. The molecule has 0 spiro atoms. The first kappa shape index (κ1) is 20.8. The molecule has 1 N–H and O–H groups in total. The second kappa shape index (κ2) is 8.93. The second-order valence-corrected chi connectivity index (χ2v) is 7.07. The van der Waals surface area contributed by atoms with Crippen molar-refractivity contribution in [2.24, 2.45) is 5.92 Å². The van der Waals surface area contributed by atoms with Crippen molar-refractivity contribution >= 4 is 11.9 Å². The molecular weight excluding hydrogens is 346 g/mol. The van der Waals surface area contributed by atoms with Crippen LogP contribution in [-0.2, 0) is 16.0 Å². The minimum absolute atomic E-state index is 0.332. The van der Waals surface area contributed by atoms with Crippen LogP contribution in [0.1, 0.15) is 48.5 Å². The van der Waals surface area contributed by atoms with Gasteiger partial charge in [-0.15, -0.1) is 6.58 Å². The minimum atomic E-state index is -0.982. The predicted octanol–water partition coefficient (Wildman–Crippen LogP) is 3.28. The Morgan fingerprint density at radius 1 is 1.22 bits per heavy atom. The molecule has 27 heavy (non-hydrogen) atoms. The number of carbonyl (C=O) groups excluding carboxylic acids is 2. The third-order valence-electron chi connectivity index (χ3n) is 5.24. The van der Waals surface area contributed by atoms with Gasteiger partial charge in [0, 0.05) is 11.1 Å². The van der Waals surface area contributed by atoms with Crippen LogP contribution in [0.4, 0.5) is 0 Å². The normalized spacial score (nSPS) is 21.9. The molecule has 0 heterocycles. The summed E-state index contributed by atoms with van der Waals surface area (Å²) in [7, 11) is 4.43. The summed E-state index contributed by atoms with van der Waals surface area (Å²) < 4.78 is 15.8. The number of amides is 1. The fraction of sp³-hybridized carbons (Fsp3) is 0.524. The molecule has 1 aliphatic rings. The van der Waals surface area contributed by atoms with E-state index in [2.05, 4.69) is 18.8 Å². The summed E-state index contributed by atoms with van der Waals surface area (Å²) in [4.78, 5) is 25.5. The number of allylic oxidation sites excluding steroid dienone is 1. The Balaban J connectivity index is 2.36. The molecule has 0 aromatic heterocycles. The Morgan fingerprint density at radius 3 is 2.41 bits per heavy atom. The van der Waals surface area contributed by atoms with E-state index in [1.807, 2.05) is 0 Å². The quantitative estimate of drug-likeness (QED) is 0.585. The van der Waals surface area contributed by atoms with Crippen molar-refractivity contribution in [3.05, 3.63) is 35.9 Å². The average Bonchev–Trinajstić information content (AvgIpc) is 2.68. The Morgan fingerprint density at radius 2 is 1.89 bits per heavy atom. The van der Waals surface area contributed by atoms with Gasteiger partial charge in [0.15, 0.2) is 11.5 Å². The maximum absolute atomic E-state index is 13.0. The summed E-state index contributed by atoms with van der Waals surface area (Å²) in [6.07, 6.45) is 5.13. The molecule has 2 rings (SSSR count). The third kappa shape index (κ3) is 4.43. The second-order valence-electron chi connectivity index (χ2n) is 7.07. The van der Waals surface area contributed by atoms with Gasteiger partial charge in [-0.2, -0.15) is 0 Å². The SMILES string of the molecule is C=CCc1cc(C(=O)NC2(C(=O)OC)CCC(C)CC2)cc(OC)c1OC. The van der Waals surface area contributed by atoms with Gasteiger partial charge >= 0.3 is 5.97 Å². The van der Waals surface area contributed by atoms with E-state index in [-0.39, 0.29) is 5.91 Å². The molecule has 1 fully saturated rings. The average molecular weight is 375 g/mol. The van der Waals surface area contributed by atoms with Crippen molar-refractivity contribution in [3.63, 3.8) is 0 Å². The van der Waals surface area contributed by atoms with Gasteiger partial charge in [0.2, 0.25) is 0 Å². The molecule has 0 atom stereocenters. The van der Waals surface area contributed by atoms with Gasteiger partial charge in [0.05, 0.1) is 21.3 Å². The summed E-state index contributed by atoms with van der Waals surface area (Å²) in [5.41, 5.74) is 0.220. The first-order valence-corrected chi connectivity index (χ1v) is 9.17. The molecule has 0 unspecified atom stereocenters. The largest absolute Gasteiger partial charge is 0.493 e. The fourth-order valence-corrected chi connectivity index (χ4v) is 3.60. The minimum Gasteiger partial charge on any atom is -0.493 e. The topological polar surface area (TPSA) is 73.9 Å². The van der Waals surface area contributed by atoms with E-state index in [0.717, 1.165) is 18.4 Å². The van der Waals surface area contributed by atoms with E-state index in [4.69, 9.17) is 14.2 Å². The molecule has 1 aromatic rings. The Hall–Kier alpha value is -2.50. The molecule has 148 valence electrons. The summed E-state index contributed by atoms with van der Waals surface area (Å²) in [6, 6.07) is 3.37. The summed E-state index contributed by atoms with van der Waals surface area (Å²) in [6.45, 7) is 5.90. The molecule has 6 heteroatoms. The Kier molecular flexibility index (Phi) is 6.88. The highest BCUT2D eigenvalue weighted by Gasteiger charge is 2.43. The van der Waals surface area contributed by atoms with E-state index >= 15 is 0 Å². The molecule has 1 aliphatic carbocycles. The summed E-state index contributed by atoms with van der Waals surface area (Å²) in [5.74, 6) is 0.838. The van der Waals surface area contributed by atoms with Crippen molar-refractivity contribution in [1.82, 2.24) is 5.32 Å². The van der Waals surface area contributed by atoms with Crippen LogP contribution in [0.25, 0.3) is 0 Å². The van der Waals surface area contributed by atoms with Crippen LogP contribution in [0.5, 0.6) is 11.5 Å². The lowest BCUT2D eigenvalue weighted by Gasteiger charge is -2.37. The Bertz CT molecular complexity index is 705. The number of rotatable bonds is 7. The zero-order valence-corrected chi connectivity index (χ0v) is 16.6. The number of esters is 1. The van der Waals surface area contributed by atoms with Crippen LogP contribution in [0.15, 0.2) is 24.8 Å². The van der Waals surface area contributed by atoms with Crippen LogP contribution in [0.2, 0.25) is 0 Å². The van der Waals surface area contributed by atoms with Crippen molar-refractivity contribution < 1.29 is 23.8 Å². The van der Waals surface area contributed by atoms with E-state index in [1.54, 1.807) is 25.3 Å². The molecule has 0 saturated heterocycles. The van der Waals surface area contributed by atoms with Gasteiger partial charge in [-0.05, 0) is 50.2 Å². The number of carbonyl (C=O) groups is 2. The highest BCUT2D eigenvalue weighted by Crippen LogP contribution is 2.35. The van der Waals surface area contributed by atoms with Gasteiger partial charge in [-0.3, -0.25) is 4.79 Å². The molecular formula is C21H29NO5. The first-order valence-electron chi connectivity index (χ1n) is 9.17. The van der Waals surface area contributed by atoms with Gasteiger partial charge in [-0.1, -0.05) is 13.0 Å². The van der Waals surface area contributed by atoms with Gasteiger partial charge in [0.1, 0.15) is 5.54 Å². The zero-order chi connectivity index (χ0) is 20.0. The first-order chi connectivity index (χ1) is 12.9. The lowest BCUT2D eigenvalue weighted by Crippen LogP contribution is -2.56. The van der Waals surface area contributed by atoms with Crippen molar-refractivity contribution in [3.8, 4) is 11.5 Å². The third-order valence-corrected chi connectivity index (χ3v) is 5.24. The van der Waals surface area contributed by atoms with E-state index in [0.29, 0.717) is 42.2 Å². The highest BCUT2D eigenvalue weighted by molar-refractivity contribution is 5.99. The maximum atomic E-state index is 13.0. The van der Waals surface area contributed by atoms with Gasteiger partial charge < -0.3 is 19.5 Å². The van der Waals surface area contributed by atoms with Gasteiger partial charge in [-0.25, -0.2) is 4.79 Å². The Labute approximate surface area is 160 Å². The van der Waals surface area contributed by atoms with Crippen molar-refractivity contribution in [1.29, 1.82) is 0 Å². The predicted molar refractivity (Wildman–Crippen MR) is 103 cm³/mol. The number of methoxy groups -OCH3 is 3. The molecule has 0 radical (unpaired) electrons. The number of ether oxygens (including phenoxy) is 3. The lowest BCUT2D eigenvalue weighted by molar-refractivity contribution is -0.150. The summed E-state index contributed by atoms with van der Waals surface area (Å²) in [5, 5.41) is 2.94. The summed E-state index contributed by atoms with van der Waals surface area (Å²) >= 11 is 0. The maximum Gasteiger partial charge on any atom is 0.331 e. The molecule has 1 amide bonds. The van der Waals surface area contributed by atoms with Crippen molar-refractivity contribution in [2.75, 3.05) is 21.3 Å². The van der Waals surface area contributed by atoms with Gasteiger partial charge in [0.25, 0.3) is 5.91 Å². The molecule has 6 nitrogen and oxygen atoms in total. The molecule has 0 bridgehead atoms. The van der Waals surface area contributed by atoms with Crippen LogP contribution < -0.4 is 14.8 Å². The zero-order valence-electron chi connectivity index (χ0n) is 16.6. The van der Waals surface area contributed by atoms with Crippen LogP contribution in [0, 0.1) is 5.92 Å². The smallest absolute Gasteiger partial charge is 0.331 e. The number of benzene rings is 1. The number of hydrogen-bond acceptors (Lipinski definition) is 5. The molecule has 1 saturated carbocycles. The van der Waals surface area contributed by atoms with E-state index < -0.39 is 11.5 Å². The van der Waals surface area contributed by atoms with Crippen LogP contribution >= 0.6 is 0 Å². The van der Waals surface area contributed by atoms with Crippen molar-refractivity contribution in [2.45, 2.75) is 44.6 Å².